The van der Waals surface area contributed by atoms with Gasteiger partial charge >= 0.3 is 6.03 Å². The van der Waals surface area contributed by atoms with E-state index in [0.717, 1.165) is 16.8 Å². The van der Waals surface area contributed by atoms with Gasteiger partial charge in [-0.3, -0.25) is 0 Å². The zero-order valence-corrected chi connectivity index (χ0v) is 16.7. The van der Waals surface area contributed by atoms with E-state index in [9.17, 15) is 4.79 Å². The number of urea groups is 1. The summed E-state index contributed by atoms with van der Waals surface area (Å²) >= 11 is 0. The van der Waals surface area contributed by atoms with Crippen LogP contribution in [0.2, 0.25) is 0 Å². The molecule has 0 saturated carbocycles. The summed E-state index contributed by atoms with van der Waals surface area (Å²) in [6.45, 7) is 3.99. The van der Waals surface area contributed by atoms with Gasteiger partial charge in [0.05, 0.1) is 0 Å². The van der Waals surface area contributed by atoms with Crippen LogP contribution in [0.4, 0.5) is 16.2 Å². The average molecular weight is 399 g/mol. The summed E-state index contributed by atoms with van der Waals surface area (Å²) in [7, 11) is 0. The summed E-state index contributed by atoms with van der Waals surface area (Å²) in [5.41, 5.74) is 3.60. The van der Waals surface area contributed by atoms with Crippen LogP contribution in [0.1, 0.15) is 11.1 Å². The molecule has 4 rings (SSSR count). The number of ether oxygens (including phenoxy) is 1. The number of anilines is 2. The molecule has 0 atom stereocenters. The topological polar surface area (TPSA) is 81.1 Å². The van der Waals surface area contributed by atoms with E-state index >= 15 is 0 Å². The molecule has 2 amide bonds. The van der Waals surface area contributed by atoms with E-state index < -0.39 is 0 Å². The molecule has 4 aromatic rings. The molecule has 0 unspecified atom stereocenters. The molecule has 30 heavy (non-hydrogen) atoms. The molecule has 2 aromatic heterocycles. The number of benzene rings is 2. The van der Waals surface area contributed by atoms with Crippen LogP contribution in [0.15, 0.2) is 79.1 Å². The third-order valence-corrected chi connectivity index (χ3v) is 4.31. The monoisotopic (exact) mass is 399 g/mol. The van der Waals surface area contributed by atoms with Crippen LogP contribution in [-0.4, -0.2) is 20.8 Å². The molecule has 7 nitrogen and oxygen atoms in total. The number of aryl methyl sites for hydroxylation is 2. The minimum absolute atomic E-state index is 0.305. The Morgan fingerprint density at radius 2 is 1.50 bits per heavy atom. The van der Waals surface area contributed by atoms with E-state index in [4.69, 9.17) is 4.74 Å². The van der Waals surface area contributed by atoms with Crippen LogP contribution in [0.25, 0.3) is 5.82 Å². The van der Waals surface area contributed by atoms with Gasteiger partial charge in [0.25, 0.3) is 0 Å². The lowest BCUT2D eigenvalue weighted by molar-refractivity contribution is 0.262. The highest BCUT2D eigenvalue weighted by atomic mass is 16.5. The Morgan fingerprint density at radius 3 is 2.13 bits per heavy atom. The van der Waals surface area contributed by atoms with E-state index in [2.05, 4.69) is 26.9 Å². The number of rotatable bonds is 5. The fourth-order valence-electron chi connectivity index (χ4n) is 3.06. The molecule has 150 valence electrons. The number of nitrogens with one attached hydrogen (secondary N) is 2. The van der Waals surface area contributed by atoms with Crippen molar-refractivity contribution in [2.75, 3.05) is 10.6 Å². The maximum absolute atomic E-state index is 12.2. The van der Waals surface area contributed by atoms with Crippen molar-refractivity contribution in [2.24, 2.45) is 0 Å². The van der Waals surface area contributed by atoms with Crippen LogP contribution in [-0.2, 0) is 0 Å². The van der Waals surface area contributed by atoms with Crippen molar-refractivity contribution in [2.45, 2.75) is 13.8 Å². The summed E-state index contributed by atoms with van der Waals surface area (Å²) in [6.07, 6.45) is 3.79. The van der Waals surface area contributed by atoms with E-state index in [1.165, 1.54) is 0 Å². The van der Waals surface area contributed by atoms with Crippen molar-refractivity contribution in [1.82, 2.24) is 14.8 Å². The minimum Gasteiger partial charge on any atom is -0.438 e. The Hall–Kier alpha value is -4.13. The lowest BCUT2D eigenvalue weighted by Crippen LogP contribution is -2.19. The second-order valence-electron chi connectivity index (χ2n) is 6.90. The van der Waals surface area contributed by atoms with E-state index in [-0.39, 0.29) is 6.03 Å². The second-order valence-corrected chi connectivity index (χ2v) is 6.90. The molecule has 2 N–H and O–H groups in total. The van der Waals surface area contributed by atoms with Gasteiger partial charge < -0.3 is 19.9 Å². The summed E-state index contributed by atoms with van der Waals surface area (Å²) in [6, 6.07) is 20.1. The van der Waals surface area contributed by atoms with E-state index in [0.29, 0.717) is 23.1 Å². The Kier molecular flexibility index (Phi) is 5.43. The smallest absolute Gasteiger partial charge is 0.323 e. The van der Waals surface area contributed by atoms with E-state index in [1.807, 2.05) is 61.1 Å². The van der Waals surface area contributed by atoms with Gasteiger partial charge in [-0.05, 0) is 79.6 Å². The molecule has 7 heteroatoms. The number of hydrogen-bond donors (Lipinski definition) is 2. The van der Waals surface area contributed by atoms with Crippen molar-refractivity contribution in [3.63, 3.8) is 0 Å². The minimum atomic E-state index is -0.305. The highest BCUT2D eigenvalue weighted by Crippen LogP contribution is 2.22. The maximum Gasteiger partial charge on any atom is 0.323 e. The molecular weight excluding hydrogens is 378 g/mol. The van der Waals surface area contributed by atoms with Gasteiger partial charge in [-0.25, -0.2) is 4.79 Å². The molecule has 2 heterocycles. The first kappa shape index (κ1) is 19.2. The first-order valence-corrected chi connectivity index (χ1v) is 9.46. The van der Waals surface area contributed by atoms with Gasteiger partial charge in [0.1, 0.15) is 5.75 Å². The summed E-state index contributed by atoms with van der Waals surface area (Å²) in [5.74, 6) is 1.69. The van der Waals surface area contributed by atoms with Crippen LogP contribution < -0.4 is 15.4 Å². The highest BCUT2D eigenvalue weighted by Gasteiger charge is 2.06. The molecular formula is C23H21N5O2. The zero-order valence-electron chi connectivity index (χ0n) is 16.7. The van der Waals surface area contributed by atoms with Crippen molar-refractivity contribution in [1.29, 1.82) is 0 Å². The van der Waals surface area contributed by atoms with Gasteiger partial charge in [-0.1, -0.05) is 6.07 Å². The third kappa shape index (κ3) is 4.82. The van der Waals surface area contributed by atoms with E-state index in [1.54, 1.807) is 30.3 Å². The standard InChI is InChI=1S/C23H21N5O2/c1-16-13-17(2)15-19(14-16)25-23(29)24-18-5-7-20(8-6-18)30-22-10-9-21(26-27-22)28-11-3-4-12-28/h3-15H,1-2H3,(H2,24,25,29). The fourth-order valence-corrected chi connectivity index (χ4v) is 3.06. The predicted molar refractivity (Wildman–Crippen MR) is 116 cm³/mol. The fraction of sp³-hybridized carbons (Fsp3) is 0.0870. The molecule has 0 spiro atoms. The molecule has 0 saturated heterocycles. The average Bonchev–Trinajstić information content (AvgIpc) is 3.24. The molecule has 0 fully saturated rings. The maximum atomic E-state index is 12.2. The highest BCUT2D eigenvalue weighted by molar-refractivity contribution is 5.99. The third-order valence-electron chi connectivity index (χ3n) is 4.31. The summed E-state index contributed by atoms with van der Waals surface area (Å²) in [4.78, 5) is 12.2. The van der Waals surface area contributed by atoms with Gasteiger partial charge in [-0.2, -0.15) is 0 Å². The van der Waals surface area contributed by atoms with Crippen molar-refractivity contribution >= 4 is 17.4 Å². The van der Waals surface area contributed by atoms with Crippen molar-refractivity contribution in [3.05, 3.63) is 90.3 Å². The zero-order chi connectivity index (χ0) is 20.9. The Balaban J connectivity index is 1.35. The van der Waals surface area contributed by atoms with Gasteiger partial charge in [-0.15, -0.1) is 10.2 Å². The number of hydrogen-bond acceptors (Lipinski definition) is 4. The number of carbonyl (C=O) groups excluding carboxylic acids is 1. The number of nitrogens with zero attached hydrogens (tertiary/aromatic N) is 3. The van der Waals surface area contributed by atoms with Crippen molar-refractivity contribution < 1.29 is 9.53 Å². The van der Waals surface area contributed by atoms with Crippen molar-refractivity contribution in [3.8, 4) is 17.4 Å². The lowest BCUT2D eigenvalue weighted by Gasteiger charge is -2.10. The Labute approximate surface area is 174 Å². The molecule has 0 aliphatic heterocycles. The summed E-state index contributed by atoms with van der Waals surface area (Å²) in [5, 5.41) is 13.9. The van der Waals surface area contributed by atoms with Crippen LogP contribution in [0.5, 0.6) is 11.6 Å². The van der Waals surface area contributed by atoms with Gasteiger partial charge in [0.2, 0.25) is 5.88 Å². The molecule has 0 radical (unpaired) electrons. The van der Waals surface area contributed by atoms with Gasteiger partial charge in [0, 0.05) is 29.8 Å². The number of carbonyl (C=O) groups is 1. The largest absolute Gasteiger partial charge is 0.438 e. The molecule has 2 aromatic carbocycles. The summed E-state index contributed by atoms with van der Waals surface area (Å²) < 4.78 is 7.58. The van der Waals surface area contributed by atoms with Crippen LogP contribution in [0, 0.1) is 13.8 Å². The second kappa shape index (κ2) is 8.48. The van der Waals surface area contributed by atoms with Crippen LogP contribution in [0.3, 0.4) is 0 Å². The van der Waals surface area contributed by atoms with Gasteiger partial charge in [0.15, 0.2) is 5.82 Å². The number of aromatic nitrogens is 3. The predicted octanol–water partition coefficient (Wildman–Crippen LogP) is 5.32. The molecule has 0 bridgehead atoms. The molecule has 0 aliphatic rings. The normalized spacial score (nSPS) is 10.5. The Morgan fingerprint density at radius 1 is 0.833 bits per heavy atom. The first-order valence-electron chi connectivity index (χ1n) is 9.46. The first-order chi connectivity index (χ1) is 14.5. The molecule has 0 aliphatic carbocycles. The Bertz CT molecular complexity index is 1120. The lowest BCUT2D eigenvalue weighted by atomic mass is 10.1. The SMILES string of the molecule is Cc1cc(C)cc(NC(=O)Nc2ccc(Oc3ccc(-n4cccc4)nn3)cc2)c1. The quantitative estimate of drug-likeness (QED) is 0.476. The van der Waals surface area contributed by atoms with Crippen LogP contribution >= 0.6 is 0 Å². The number of amides is 2.